The second-order valence-electron chi connectivity index (χ2n) is 7.54. The van der Waals surface area contributed by atoms with E-state index in [0.29, 0.717) is 6.54 Å². The summed E-state index contributed by atoms with van der Waals surface area (Å²) < 4.78 is 10.3. The molecule has 0 rings (SSSR count). The third-order valence-electron chi connectivity index (χ3n) is 2.52. The first-order valence-electron chi connectivity index (χ1n) is 8.47. The number of nitrogens with zero attached hydrogens (tertiary/aromatic N) is 1. The number of carbonyl (C=O) groups excluding carboxylic acids is 2. The molecule has 24 heavy (non-hydrogen) atoms. The zero-order chi connectivity index (χ0) is 18.8. The minimum absolute atomic E-state index is 0.0370. The first-order chi connectivity index (χ1) is 10.9. The zero-order valence-corrected chi connectivity index (χ0v) is 16.1. The largest absolute Gasteiger partial charge is 0.444 e. The van der Waals surface area contributed by atoms with Crippen LogP contribution in [0.15, 0.2) is 4.99 Å². The highest BCUT2D eigenvalue weighted by Crippen LogP contribution is 2.07. The second-order valence-corrected chi connectivity index (χ2v) is 7.54. The molecule has 0 aromatic heterocycles. The number of aliphatic imine (C=N–C) groups is 1. The van der Waals surface area contributed by atoms with E-state index in [1.807, 2.05) is 0 Å². The maximum Gasteiger partial charge on any atom is 0.414 e. The van der Waals surface area contributed by atoms with Gasteiger partial charge in [0.25, 0.3) is 0 Å². The molecule has 2 N–H and O–H groups in total. The highest BCUT2D eigenvalue weighted by atomic mass is 16.6. The van der Waals surface area contributed by atoms with Crippen LogP contribution in [0.3, 0.4) is 0 Å². The molecule has 0 bridgehead atoms. The molecule has 7 heteroatoms. The number of unbranched alkanes of at least 4 members (excludes halogenated alkanes) is 3. The van der Waals surface area contributed by atoms with Crippen molar-refractivity contribution in [2.45, 2.75) is 85.4 Å². The molecule has 0 saturated heterocycles. The van der Waals surface area contributed by atoms with Gasteiger partial charge >= 0.3 is 12.2 Å². The molecule has 0 radical (unpaired) electrons. The first kappa shape index (κ1) is 22.2. The van der Waals surface area contributed by atoms with E-state index in [9.17, 15) is 9.59 Å². The van der Waals surface area contributed by atoms with Gasteiger partial charge in [0.1, 0.15) is 11.2 Å². The Morgan fingerprint density at radius 3 is 1.67 bits per heavy atom. The molecule has 0 spiro atoms. The van der Waals surface area contributed by atoms with Gasteiger partial charge in [-0.05, 0) is 48.0 Å². The van der Waals surface area contributed by atoms with Gasteiger partial charge in [0, 0.05) is 6.54 Å². The molecular formula is C17H33N3O4. The van der Waals surface area contributed by atoms with Gasteiger partial charge in [0.2, 0.25) is 5.96 Å². The lowest BCUT2D eigenvalue weighted by Crippen LogP contribution is -2.47. The average molecular weight is 343 g/mol. The van der Waals surface area contributed by atoms with Crippen molar-refractivity contribution in [2.24, 2.45) is 4.99 Å². The molecule has 0 fully saturated rings. The quantitative estimate of drug-likeness (QED) is 0.449. The highest BCUT2D eigenvalue weighted by Gasteiger charge is 2.21. The van der Waals surface area contributed by atoms with Gasteiger partial charge in [-0.25, -0.2) is 9.59 Å². The minimum atomic E-state index is -0.675. The predicted octanol–water partition coefficient (Wildman–Crippen LogP) is 3.97. The highest BCUT2D eigenvalue weighted by molar-refractivity contribution is 6.01. The first-order valence-corrected chi connectivity index (χ1v) is 8.47. The second kappa shape index (κ2) is 10.2. The van der Waals surface area contributed by atoms with Crippen LogP contribution in [0.5, 0.6) is 0 Å². The van der Waals surface area contributed by atoms with Crippen molar-refractivity contribution in [3.05, 3.63) is 0 Å². The van der Waals surface area contributed by atoms with Crippen molar-refractivity contribution in [1.82, 2.24) is 10.6 Å². The lowest BCUT2D eigenvalue weighted by atomic mass is 10.2. The monoisotopic (exact) mass is 343 g/mol. The summed E-state index contributed by atoms with van der Waals surface area (Å²) in [5.74, 6) is 0.0370. The van der Waals surface area contributed by atoms with Gasteiger partial charge < -0.3 is 9.47 Å². The predicted molar refractivity (Wildman–Crippen MR) is 95.2 cm³/mol. The van der Waals surface area contributed by atoms with E-state index < -0.39 is 23.4 Å². The molecule has 0 unspecified atom stereocenters. The number of guanidine groups is 1. The Balaban J connectivity index is 4.73. The van der Waals surface area contributed by atoms with Crippen LogP contribution in [-0.2, 0) is 9.47 Å². The molecule has 0 saturated carbocycles. The van der Waals surface area contributed by atoms with E-state index in [0.717, 1.165) is 25.7 Å². The molecule has 7 nitrogen and oxygen atoms in total. The van der Waals surface area contributed by atoms with Crippen molar-refractivity contribution < 1.29 is 19.1 Å². The maximum atomic E-state index is 11.9. The van der Waals surface area contributed by atoms with Gasteiger partial charge in [0.05, 0.1) is 0 Å². The van der Waals surface area contributed by atoms with Gasteiger partial charge in [-0.15, -0.1) is 0 Å². The van der Waals surface area contributed by atoms with Gasteiger partial charge in [-0.1, -0.05) is 26.2 Å². The third kappa shape index (κ3) is 13.8. The molecule has 0 aliphatic carbocycles. The Labute approximate surface area is 145 Å². The Kier molecular flexibility index (Phi) is 9.40. The van der Waals surface area contributed by atoms with E-state index >= 15 is 0 Å². The molecule has 140 valence electrons. The van der Waals surface area contributed by atoms with Crippen LogP contribution in [-0.4, -0.2) is 35.9 Å². The minimum Gasteiger partial charge on any atom is -0.444 e. The number of amides is 2. The van der Waals surface area contributed by atoms with Crippen molar-refractivity contribution in [1.29, 1.82) is 0 Å². The SMILES string of the molecule is CCCCCCN=C(NC(=O)OC(C)(C)C)NC(=O)OC(C)(C)C. The summed E-state index contributed by atoms with van der Waals surface area (Å²) in [6, 6.07) is 0. The summed E-state index contributed by atoms with van der Waals surface area (Å²) in [4.78, 5) is 28.0. The molecule has 0 heterocycles. The fraction of sp³-hybridized carbons (Fsp3) is 0.824. The Hall–Kier alpha value is -1.79. The van der Waals surface area contributed by atoms with E-state index in [1.54, 1.807) is 41.5 Å². The molecule has 0 aliphatic heterocycles. The number of carbonyl (C=O) groups is 2. The van der Waals surface area contributed by atoms with Crippen LogP contribution in [0, 0.1) is 0 Å². The Bertz CT molecular complexity index is 402. The topological polar surface area (TPSA) is 89.0 Å². The van der Waals surface area contributed by atoms with Crippen molar-refractivity contribution in [3.8, 4) is 0 Å². The number of hydrogen-bond donors (Lipinski definition) is 2. The molecule has 2 amide bonds. The van der Waals surface area contributed by atoms with E-state index in [-0.39, 0.29) is 5.96 Å². The van der Waals surface area contributed by atoms with E-state index in [1.165, 1.54) is 0 Å². The fourth-order valence-corrected chi connectivity index (χ4v) is 1.64. The summed E-state index contributed by atoms with van der Waals surface area (Å²) in [6.07, 6.45) is 2.83. The van der Waals surface area contributed by atoms with Crippen LogP contribution >= 0.6 is 0 Å². The van der Waals surface area contributed by atoms with Crippen molar-refractivity contribution in [3.63, 3.8) is 0 Å². The number of nitrogens with one attached hydrogen (secondary N) is 2. The van der Waals surface area contributed by atoms with Gasteiger partial charge in [-0.2, -0.15) is 0 Å². The van der Waals surface area contributed by atoms with Crippen LogP contribution < -0.4 is 10.6 Å². The average Bonchev–Trinajstić information content (AvgIpc) is 2.33. The number of rotatable bonds is 5. The van der Waals surface area contributed by atoms with Gasteiger partial charge in [-0.3, -0.25) is 15.6 Å². The fourth-order valence-electron chi connectivity index (χ4n) is 1.64. The number of ether oxygens (including phenoxy) is 2. The summed E-state index contributed by atoms with van der Waals surface area (Å²) >= 11 is 0. The summed E-state index contributed by atoms with van der Waals surface area (Å²) in [5.41, 5.74) is -1.27. The molecule has 0 atom stereocenters. The third-order valence-corrected chi connectivity index (χ3v) is 2.52. The lowest BCUT2D eigenvalue weighted by Gasteiger charge is -2.22. The molecule has 0 aromatic carbocycles. The van der Waals surface area contributed by atoms with Crippen LogP contribution in [0.4, 0.5) is 9.59 Å². The van der Waals surface area contributed by atoms with Gasteiger partial charge in [0.15, 0.2) is 0 Å². The molecule has 0 aromatic rings. The van der Waals surface area contributed by atoms with Crippen LogP contribution in [0.25, 0.3) is 0 Å². The van der Waals surface area contributed by atoms with Crippen LogP contribution in [0.2, 0.25) is 0 Å². The summed E-state index contributed by atoms with van der Waals surface area (Å²) in [5, 5.41) is 4.92. The van der Waals surface area contributed by atoms with Crippen molar-refractivity contribution >= 4 is 18.1 Å². The van der Waals surface area contributed by atoms with Crippen LogP contribution in [0.1, 0.15) is 74.1 Å². The Morgan fingerprint density at radius 2 is 1.29 bits per heavy atom. The normalized spacial score (nSPS) is 11.5. The lowest BCUT2D eigenvalue weighted by molar-refractivity contribution is 0.0545. The standard InChI is InChI=1S/C17H33N3O4/c1-8-9-10-11-12-18-13(19-14(21)23-16(2,3)4)20-15(22)24-17(5,6)7/h8-12H2,1-7H3,(H2,18,19,20,21,22). The molecular weight excluding hydrogens is 310 g/mol. The number of alkyl carbamates (subject to hydrolysis) is 2. The number of hydrogen-bond acceptors (Lipinski definition) is 5. The van der Waals surface area contributed by atoms with E-state index in [2.05, 4.69) is 22.5 Å². The van der Waals surface area contributed by atoms with E-state index in [4.69, 9.17) is 9.47 Å². The molecule has 0 aliphatic rings. The Morgan fingerprint density at radius 1 is 0.833 bits per heavy atom. The smallest absolute Gasteiger partial charge is 0.414 e. The zero-order valence-electron chi connectivity index (χ0n) is 16.1. The summed E-state index contributed by atoms with van der Waals surface area (Å²) in [7, 11) is 0. The van der Waals surface area contributed by atoms with Crippen molar-refractivity contribution in [2.75, 3.05) is 6.54 Å². The maximum absolute atomic E-state index is 11.9. The summed E-state index contributed by atoms with van der Waals surface area (Å²) in [6.45, 7) is 13.2.